The van der Waals surface area contributed by atoms with Crippen LogP contribution in [-0.4, -0.2) is 23.5 Å². The second-order valence-electron chi connectivity index (χ2n) is 4.66. The third-order valence-corrected chi connectivity index (χ3v) is 3.83. The topological polar surface area (TPSA) is 42.2 Å². The quantitative estimate of drug-likeness (QED) is 0.911. The Kier molecular flexibility index (Phi) is 5.23. The van der Waals surface area contributed by atoms with Crippen LogP contribution in [0.2, 0.25) is 0 Å². The molecule has 106 valence electrons. The molecule has 0 fully saturated rings. The largest absolute Gasteiger partial charge is 0.329 e. The molecule has 2 N–H and O–H groups in total. The van der Waals surface area contributed by atoms with Gasteiger partial charge in [0.1, 0.15) is 5.82 Å². The van der Waals surface area contributed by atoms with Crippen molar-refractivity contribution in [2.24, 2.45) is 5.73 Å². The molecule has 0 spiro atoms. The number of halogens is 2. The van der Waals surface area contributed by atoms with Crippen molar-refractivity contribution in [2.45, 2.75) is 12.6 Å². The molecule has 5 heteroatoms. The Morgan fingerprint density at radius 1 is 1.35 bits per heavy atom. The number of aromatic nitrogens is 1. The summed E-state index contributed by atoms with van der Waals surface area (Å²) in [6.45, 7) is 1.15. The molecule has 1 heterocycles. The van der Waals surface area contributed by atoms with E-state index in [-0.39, 0.29) is 11.9 Å². The van der Waals surface area contributed by atoms with E-state index in [9.17, 15) is 4.39 Å². The highest BCUT2D eigenvalue weighted by Crippen LogP contribution is 2.24. The molecular weight excluding hydrogens is 321 g/mol. The van der Waals surface area contributed by atoms with E-state index in [1.165, 1.54) is 6.07 Å². The van der Waals surface area contributed by atoms with E-state index in [1.807, 2.05) is 25.2 Å². The molecule has 1 aromatic heterocycles. The lowest BCUT2D eigenvalue weighted by Crippen LogP contribution is -2.30. The van der Waals surface area contributed by atoms with E-state index < -0.39 is 0 Å². The second kappa shape index (κ2) is 6.92. The Hall–Kier alpha value is -1.30. The van der Waals surface area contributed by atoms with Gasteiger partial charge in [-0.1, -0.05) is 12.1 Å². The summed E-state index contributed by atoms with van der Waals surface area (Å²) in [7, 11) is 1.99. The van der Waals surface area contributed by atoms with Gasteiger partial charge in [0.05, 0.1) is 10.2 Å². The molecule has 1 atom stereocenters. The molecule has 0 amide bonds. The van der Waals surface area contributed by atoms with Gasteiger partial charge in [-0.25, -0.2) is 4.39 Å². The number of hydrogen-bond acceptors (Lipinski definition) is 3. The summed E-state index contributed by atoms with van der Waals surface area (Å²) in [5, 5.41) is 0. The van der Waals surface area contributed by atoms with Crippen LogP contribution in [0.1, 0.15) is 17.3 Å². The van der Waals surface area contributed by atoms with Crippen LogP contribution >= 0.6 is 15.9 Å². The highest BCUT2D eigenvalue weighted by atomic mass is 79.9. The van der Waals surface area contributed by atoms with Crippen molar-refractivity contribution < 1.29 is 4.39 Å². The van der Waals surface area contributed by atoms with Crippen LogP contribution in [0.25, 0.3) is 0 Å². The lowest BCUT2D eigenvalue weighted by molar-refractivity contribution is 0.239. The Morgan fingerprint density at radius 2 is 2.15 bits per heavy atom. The summed E-state index contributed by atoms with van der Waals surface area (Å²) in [6, 6.07) is 10.9. The Labute approximate surface area is 126 Å². The predicted octanol–water partition coefficient (Wildman–Crippen LogP) is 3.12. The van der Waals surface area contributed by atoms with Crippen molar-refractivity contribution in [2.75, 3.05) is 13.6 Å². The number of pyridine rings is 1. The second-order valence-corrected chi connectivity index (χ2v) is 5.52. The molecule has 0 aliphatic carbocycles. The summed E-state index contributed by atoms with van der Waals surface area (Å²) < 4.78 is 13.8. The predicted molar refractivity (Wildman–Crippen MR) is 81.6 cm³/mol. The van der Waals surface area contributed by atoms with Gasteiger partial charge in [-0.2, -0.15) is 0 Å². The highest BCUT2D eigenvalue weighted by Gasteiger charge is 2.17. The van der Waals surface area contributed by atoms with Crippen molar-refractivity contribution in [1.82, 2.24) is 9.88 Å². The van der Waals surface area contributed by atoms with Gasteiger partial charge in [0, 0.05) is 25.3 Å². The summed E-state index contributed by atoms with van der Waals surface area (Å²) in [5.74, 6) is -0.267. The standard InChI is InChI=1S/C15H17BrFN3/c1-20(10-12-4-2-3-7-19-12)15(9-18)11-5-6-14(17)13(16)8-11/h2-8,15H,9-10,18H2,1H3. The maximum absolute atomic E-state index is 13.3. The molecule has 2 rings (SSSR count). The highest BCUT2D eigenvalue weighted by molar-refractivity contribution is 9.10. The molecular formula is C15H17BrFN3. The van der Waals surface area contributed by atoms with Crippen molar-refractivity contribution >= 4 is 15.9 Å². The lowest BCUT2D eigenvalue weighted by atomic mass is 10.1. The minimum atomic E-state index is -0.267. The van der Waals surface area contributed by atoms with Crippen LogP contribution in [0.5, 0.6) is 0 Å². The number of rotatable bonds is 5. The smallest absolute Gasteiger partial charge is 0.137 e. The first kappa shape index (κ1) is 15.1. The maximum Gasteiger partial charge on any atom is 0.137 e. The van der Waals surface area contributed by atoms with E-state index in [2.05, 4.69) is 25.8 Å². The lowest BCUT2D eigenvalue weighted by Gasteiger charge is -2.27. The number of nitrogens with two attached hydrogens (primary N) is 1. The van der Waals surface area contributed by atoms with Crippen LogP contribution in [0.15, 0.2) is 47.1 Å². The molecule has 0 aliphatic heterocycles. The minimum absolute atomic E-state index is 0.0221. The van der Waals surface area contributed by atoms with Crippen molar-refractivity contribution in [3.05, 3.63) is 64.1 Å². The third kappa shape index (κ3) is 3.62. The van der Waals surface area contributed by atoms with Gasteiger partial charge < -0.3 is 5.73 Å². The van der Waals surface area contributed by atoms with Gasteiger partial charge in [-0.3, -0.25) is 9.88 Å². The average Bonchev–Trinajstić information content (AvgIpc) is 2.44. The van der Waals surface area contributed by atoms with Gasteiger partial charge in [-0.05, 0) is 52.8 Å². The van der Waals surface area contributed by atoms with Gasteiger partial charge in [-0.15, -0.1) is 0 Å². The first-order valence-electron chi connectivity index (χ1n) is 6.37. The minimum Gasteiger partial charge on any atom is -0.329 e. The van der Waals surface area contributed by atoms with Crippen LogP contribution in [0, 0.1) is 5.82 Å². The number of likely N-dealkylation sites (N-methyl/N-ethyl adjacent to an activating group) is 1. The van der Waals surface area contributed by atoms with E-state index >= 15 is 0 Å². The first-order valence-corrected chi connectivity index (χ1v) is 7.16. The Balaban J connectivity index is 2.16. The van der Waals surface area contributed by atoms with Crippen molar-refractivity contribution in [3.8, 4) is 0 Å². The normalized spacial score (nSPS) is 12.7. The summed E-state index contributed by atoms with van der Waals surface area (Å²) in [4.78, 5) is 6.42. The number of hydrogen-bond donors (Lipinski definition) is 1. The molecule has 0 bridgehead atoms. The average molecular weight is 338 g/mol. The van der Waals surface area contributed by atoms with Crippen LogP contribution in [0.3, 0.4) is 0 Å². The fourth-order valence-corrected chi connectivity index (χ4v) is 2.54. The molecule has 0 radical (unpaired) electrons. The fourth-order valence-electron chi connectivity index (χ4n) is 2.15. The van der Waals surface area contributed by atoms with E-state index in [0.717, 1.165) is 11.3 Å². The van der Waals surface area contributed by atoms with Crippen molar-refractivity contribution in [3.63, 3.8) is 0 Å². The van der Waals surface area contributed by atoms with Gasteiger partial charge in [0.25, 0.3) is 0 Å². The van der Waals surface area contributed by atoms with E-state index in [4.69, 9.17) is 5.73 Å². The molecule has 1 unspecified atom stereocenters. The monoisotopic (exact) mass is 337 g/mol. The van der Waals surface area contributed by atoms with Crippen LogP contribution in [0.4, 0.5) is 4.39 Å². The molecule has 2 aromatic rings. The molecule has 3 nitrogen and oxygen atoms in total. The maximum atomic E-state index is 13.3. The third-order valence-electron chi connectivity index (χ3n) is 3.22. The zero-order chi connectivity index (χ0) is 14.5. The van der Waals surface area contributed by atoms with E-state index in [0.29, 0.717) is 17.6 Å². The Bertz CT molecular complexity index is 562. The first-order chi connectivity index (χ1) is 9.61. The van der Waals surface area contributed by atoms with Crippen LogP contribution in [-0.2, 0) is 6.54 Å². The summed E-state index contributed by atoms with van der Waals surface area (Å²) >= 11 is 3.21. The molecule has 0 saturated heterocycles. The number of nitrogens with zero attached hydrogens (tertiary/aromatic N) is 2. The van der Waals surface area contributed by atoms with Crippen LogP contribution < -0.4 is 5.73 Å². The molecule has 1 aromatic carbocycles. The SMILES string of the molecule is CN(Cc1ccccn1)C(CN)c1ccc(F)c(Br)c1. The summed E-state index contributed by atoms with van der Waals surface area (Å²) in [6.07, 6.45) is 1.77. The summed E-state index contributed by atoms with van der Waals surface area (Å²) in [5.41, 5.74) is 7.84. The van der Waals surface area contributed by atoms with Gasteiger partial charge in [0.15, 0.2) is 0 Å². The zero-order valence-corrected chi connectivity index (χ0v) is 12.8. The van der Waals surface area contributed by atoms with Gasteiger partial charge in [0.2, 0.25) is 0 Å². The Morgan fingerprint density at radius 3 is 2.75 bits per heavy atom. The fraction of sp³-hybridized carbons (Fsp3) is 0.267. The molecule has 0 aliphatic rings. The van der Waals surface area contributed by atoms with Gasteiger partial charge >= 0.3 is 0 Å². The number of benzene rings is 1. The van der Waals surface area contributed by atoms with Crippen molar-refractivity contribution in [1.29, 1.82) is 0 Å². The molecule has 0 saturated carbocycles. The zero-order valence-electron chi connectivity index (χ0n) is 11.3. The van der Waals surface area contributed by atoms with E-state index in [1.54, 1.807) is 18.3 Å². The molecule has 20 heavy (non-hydrogen) atoms.